The lowest BCUT2D eigenvalue weighted by molar-refractivity contribution is -0.123. The largest absolute Gasteiger partial charge is 0.373 e. The smallest absolute Gasteiger partial charge is 0.234 e. The molecule has 1 spiro atoms. The molecule has 3 fully saturated rings. The van der Waals surface area contributed by atoms with E-state index in [9.17, 15) is 4.79 Å². The number of carbonyl (C=O) groups is 1. The lowest BCUT2D eigenvalue weighted by Crippen LogP contribution is -2.47. The number of nitrogens with one attached hydrogen (secondary N) is 2. The minimum Gasteiger partial charge on any atom is -0.373 e. The number of rotatable bonds is 6. The molecule has 0 aromatic carbocycles. The van der Waals surface area contributed by atoms with Gasteiger partial charge in [-0.2, -0.15) is 4.98 Å². The van der Waals surface area contributed by atoms with Crippen LogP contribution in [-0.4, -0.2) is 64.9 Å². The topological polar surface area (TPSA) is 92.5 Å². The van der Waals surface area contributed by atoms with Gasteiger partial charge in [-0.3, -0.25) is 9.69 Å². The van der Waals surface area contributed by atoms with Gasteiger partial charge in [0.05, 0.1) is 25.3 Å². The molecule has 26 heavy (non-hydrogen) atoms. The first kappa shape index (κ1) is 17.9. The molecule has 3 atom stereocenters. The van der Waals surface area contributed by atoms with Gasteiger partial charge in [0, 0.05) is 32.1 Å². The fraction of sp³-hybridized carbons (Fsp3) is 0.833. The second-order valence-corrected chi connectivity index (χ2v) is 8.16. The van der Waals surface area contributed by atoms with Gasteiger partial charge in [-0.15, -0.1) is 0 Å². The van der Waals surface area contributed by atoms with Crippen LogP contribution < -0.4 is 10.6 Å². The van der Waals surface area contributed by atoms with Gasteiger partial charge in [-0.05, 0) is 31.6 Å². The van der Waals surface area contributed by atoms with Crippen LogP contribution in [0.5, 0.6) is 0 Å². The van der Waals surface area contributed by atoms with Crippen molar-refractivity contribution in [3.05, 3.63) is 11.7 Å². The van der Waals surface area contributed by atoms with Crippen molar-refractivity contribution in [3.8, 4) is 0 Å². The third kappa shape index (κ3) is 4.24. The van der Waals surface area contributed by atoms with E-state index in [1.807, 2.05) is 0 Å². The maximum absolute atomic E-state index is 12.1. The van der Waals surface area contributed by atoms with Gasteiger partial charge in [0.15, 0.2) is 5.82 Å². The van der Waals surface area contributed by atoms with E-state index in [1.165, 1.54) is 6.42 Å². The molecule has 1 amide bonds. The molecule has 0 bridgehead atoms. The Kier molecular flexibility index (Phi) is 4.98. The van der Waals surface area contributed by atoms with E-state index in [0.29, 0.717) is 36.9 Å². The van der Waals surface area contributed by atoms with Crippen molar-refractivity contribution in [1.82, 2.24) is 25.7 Å². The van der Waals surface area contributed by atoms with Gasteiger partial charge in [0.2, 0.25) is 11.8 Å². The molecule has 8 heteroatoms. The minimum atomic E-state index is -0.00184. The molecule has 8 nitrogen and oxygen atoms in total. The van der Waals surface area contributed by atoms with Crippen molar-refractivity contribution in [2.75, 3.05) is 26.2 Å². The number of amides is 1. The molecule has 1 saturated carbocycles. The van der Waals surface area contributed by atoms with Crippen LogP contribution in [0.4, 0.5) is 0 Å². The Morgan fingerprint density at radius 2 is 2.15 bits per heavy atom. The maximum atomic E-state index is 12.1. The second-order valence-electron chi connectivity index (χ2n) is 8.16. The van der Waals surface area contributed by atoms with Crippen LogP contribution in [0.25, 0.3) is 0 Å². The van der Waals surface area contributed by atoms with Crippen molar-refractivity contribution in [3.63, 3.8) is 0 Å². The van der Waals surface area contributed by atoms with Crippen molar-refractivity contribution in [2.24, 2.45) is 5.92 Å². The summed E-state index contributed by atoms with van der Waals surface area (Å²) in [6, 6.07) is 1.20. The Hall–Kier alpha value is -1.51. The summed E-state index contributed by atoms with van der Waals surface area (Å²) in [5.74, 6) is 1.84. The van der Waals surface area contributed by atoms with E-state index in [0.717, 1.165) is 44.9 Å². The first-order valence-electron chi connectivity index (χ1n) is 9.70. The van der Waals surface area contributed by atoms with Crippen LogP contribution >= 0.6 is 0 Å². The molecule has 3 aliphatic rings. The summed E-state index contributed by atoms with van der Waals surface area (Å²) < 4.78 is 11.1. The van der Waals surface area contributed by atoms with Gasteiger partial charge in [-0.1, -0.05) is 12.1 Å². The number of aryl methyl sites for hydroxylation is 1. The average Bonchev–Trinajstić information content (AvgIpc) is 2.98. The summed E-state index contributed by atoms with van der Waals surface area (Å²) in [7, 11) is 0. The zero-order chi connectivity index (χ0) is 18.1. The van der Waals surface area contributed by atoms with Gasteiger partial charge < -0.3 is 19.9 Å². The molecule has 2 saturated heterocycles. The summed E-state index contributed by atoms with van der Waals surface area (Å²) in [5.41, 5.74) is 0.0188. The van der Waals surface area contributed by atoms with Crippen molar-refractivity contribution in [2.45, 2.75) is 63.8 Å². The Labute approximate surface area is 154 Å². The van der Waals surface area contributed by atoms with E-state index < -0.39 is 0 Å². The average molecular weight is 363 g/mol. The highest BCUT2D eigenvalue weighted by atomic mass is 16.5. The minimum absolute atomic E-state index is 0.00184. The lowest BCUT2D eigenvalue weighted by atomic mass is 9.87. The molecule has 4 rings (SSSR count). The van der Waals surface area contributed by atoms with Crippen LogP contribution in [0, 0.1) is 12.8 Å². The monoisotopic (exact) mass is 363 g/mol. The predicted octanol–water partition coefficient (Wildman–Crippen LogP) is 0.616. The number of aromatic nitrogens is 2. The van der Waals surface area contributed by atoms with Crippen LogP contribution in [0.15, 0.2) is 4.52 Å². The molecular formula is C18H29N5O3. The van der Waals surface area contributed by atoms with Crippen molar-refractivity contribution >= 4 is 5.91 Å². The Morgan fingerprint density at radius 1 is 1.38 bits per heavy atom. The van der Waals surface area contributed by atoms with Gasteiger partial charge in [0.25, 0.3) is 0 Å². The molecule has 0 radical (unpaired) electrons. The van der Waals surface area contributed by atoms with Crippen LogP contribution in [0.1, 0.15) is 44.3 Å². The van der Waals surface area contributed by atoms with E-state index in [4.69, 9.17) is 9.26 Å². The molecule has 1 aromatic heterocycles. The molecule has 1 unspecified atom stereocenters. The summed E-state index contributed by atoms with van der Waals surface area (Å²) in [4.78, 5) is 18.4. The zero-order valence-corrected chi connectivity index (χ0v) is 15.7. The number of likely N-dealkylation sites (tertiary alicyclic amines) is 1. The fourth-order valence-electron chi connectivity index (χ4n) is 4.13. The fourth-order valence-corrected chi connectivity index (χ4v) is 4.13. The van der Waals surface area contributed by atoms with Gasteiger partial charge in [-0.25, -0.2) is 0 Å². The normalized spacial score (nSPS) is 30.6. The Bertz CT molecular complexity index is 641. The highest BCUT2D eigenvalue weighted by Gasteiger charge is 2.45. The highest BCUT2D eigenvalue weighted by Crippen LogP contribution is 2.38. The molecule has 1 aromatic rings. The number of ether oxygens (including phenoxy) is 1. The first-order chi connectivity index (χ1) is 12.5. The molecule has 2 N–H and O–H groups in total. The lowest BCUT2D eigenvalue weighted by Gasteiger charge is -2.38. The van der Waals surface area contributed by atoms with Crippen LogP contribution in [0.3, 0.4) is 0 Å². The molecular weight excluding hydrogens is 334 g/mol. The van der Waals surface area contributed by atoms with Crippen molar-refractivity contribution < 1.29 is 14.1 Å². The number of nitrogens with zero attached hydrogens (tertiary/aromatic N) is 3. The van der Waals surface area contributed by atoms with Crippen LogP contribution in [-0.2, 0) is 16.1 Å². The van der Waals surface area contributed by atoms with E-state index in [-0.39, 0.29) is 11.5 Å². The number of hydrogen-bond donors (Lipinski definition) is 2. The third-order valence-electron chi connectivity index (χ3n) is 5.92. The number of piperidine rings is 1. The summed E-state index contributed by atoms with van der Waals surface area (Å²) >= 11 is 0. The highest BCUT2D eigenvalue weighted by molar-refractivity contribution is 5.77. The van der Waals surface area contributed by atoms with E-state index in [2.05, 4.69) is 32.6 Å². The Balaban J connectivity index is 1.17. The number of hydrogen-bond acceptors (Lipinski definition) is 7. The second kappa shape index (κ2) is 7.25. The standard InChI is InChI=1S/C18H29N5O3/c1-12-7-15(12)21-14-8-18(25-11-14)3-5-23(6-4-18)10-17(24)19-9-16-20-13(2)26-22-16/h12,14-15,21H,3-11H2,1-2H3,(H,19,24)/t12-,14?,15-/m1/s1. The summed E-state index contributed by atoms with van der Waals surface area (Å²) in [6.07, 6.45) is 4.41. The van der Waals surface area contributed by atoms with Crippen molar-refractivity contribution in [1.29, 1.82) is 0 Å². The maximum Gasteiger partial charge on any atom is 0.234 e. The molecule has 3 heterocycles. The van der Waals surface area contributed by atoms with E-state index in [1.54, 1.807) is 6.92 Å². The summed E-state index contributed by atoms with van der Waals surface area (Å²) in [6.45, 7) is 7.39. The Morgan fingerprint density at radius 3 is 2.81 bits per heavy atom. The zero-order valence-electron chi connectivity index (χ0n) is 15.7. The quantitative estimate of drug-likeness (QED) is 0.765. The number of carbonyl (C=O) groups excluding carboxylic acids is 1. The molecule has 144 valence electrons. The third-order valence-corrected chi connectivity index (χ3v) is 5.92. The van der Waals surface area contributed by atoms with Gasteiger partial charge >= 0.3 is 0 Å². The van der Waals surface area contributed by atoms with E-state index >= 15 is 0 Å². The summed E-state index contributed by atoms with van der Waals surface area (Å²) in [5, 5.41) is 10.4. The van der Waals surface area contributed by atoms with Crippen LogP contribution in [0.2, 0.25) is 0 Å². The first-order valence-corrected chi connectivity index (χ1v) is 9.70. The van der Waals surface area contributed by atoms with Gasteiger partial charge in [0.1, 0.15) is 0 Å². The molecule has 1 aliphatic carbocycles. The molecule has 2 aliphatic heterocycles. The SMILES string of the molecule is Cc1nc(CNC(=O)CN2CCC3(CC2)CC(N[C@@H]2C[C@H]2C)CO3)no1. The predicted molar refractivity (Wildman–Crippen MR) is 94.3 cm³/mol.